The van der Waals surface area contributed by atoms with E-state index in [0.717, 1.165) is 12.1 Å². The quantitative estimate of drug-likeness (QED) is 0.762. The van der Waals surface area contributed by atoms with Crippen LogP contribution in [0.1, 0.15) is 39.2 Å². The zero-order valence-corrected chi connectivity index (χ0v) is 12.0. The van der Waals surface area contributed by atoms with E-state index in [0.29, 0.717) is 19.4 Å². The van der Waals surface area contributed by atoms with Gasteiger partial charge in [-0.2, -0.15) is 0 Å². The van der Waals surface area contributed by atoms with Gasteiger partial charge in [-0.1, -0.05) is 32.9 Å². The van der Waals surface area contributed by atoms with E-state index in [1.807, 2.05) is 26.8 Å². The Labute approximate surface area is 114 Å². The molecule has 19 heavy (non-hydrogen) atoms. The Hall–Kier alpha value is -1.13. The topological polar surface area (TPSA) is 41.5 Å². The Kier molecular flexibility index (Phi) is 6.25. The first-order chi connectivity index (χ1) is 9.06. The van der Waals surface area contributed by atoms with Crippen molar-refractivity contribution in [1.29, 1.82) is 0 Å². The molecular formula is C15H24FNO2. The van der Waals surface area contributed by atoms with Gasteiger partial charge in [0.1, 0.15) is 6.61 Å². The molecule has 0 aromatic heterocycles. The van der Waals surface area contributed by atoms with Gasteiger partial charge in [-0.25, -0.2) is 4.39 Å². The highest BCUT2D eigenvalue weighted by atomic mass is 19.1. The molecule has 3 nitrogen and oxygen atoms in total. The van der Waals surface area contributed by atoms with E-state index < -0.39 is 5.60 Å². The first kappa shape index (κ1) is 15.9. The van der Waals surface area contributed by atoms with Crippen molar-refractivity contribution in [2.24, 2.45) is 0 Å². The first-order valence-electron chi connectivity index (χ1n) is 6.89. The van der Waals surface area contributed by atoms with Gasteiger partial charge in [0.25, 0.3) is 0 Å². The van der Waals surface area contributed by atoms with Crippen molar-refractivity contribution in [3.8, 4) is 5.75 Å². The van der Waals surface area contributed by atoms with Crippen molar-refractivity contribution >= 4 is 0 Å². The van der Waals surface area contributed by atoms with Crippen LogP contribution in [0.3, 0.4) is 0 Å². The molecule has 0 spiro atoms. The Bertz CT molecular complexity index is 392. The Balaban J connectivity index is 2.81. The lowest BCUT2D eigenvalue weighted by Gasteiger charge is -2.26. The number of ether oxygens (including phenoxy) is 1. The zero-order valence-electron chi connectivity index (χ0n) is 12.0. The van der Waals surface area contributed by atoms with Crippen LogP contribution in [0.15, 0.2) is 18.2 Å². The molecule has 1 aromatic carbocycles. The van der Waals surface area contributed by atoms with Gasteiger partial charge < -0.3 is 15.2 Å². The van der Waals surface area contributed by atoms with Gasteiger partial charge in [-0.05, 0) is 25.5 Å². The van der Waals surface area contributed by atoms with Crippen LogP contribution in [0.5, 0.6) is 5.75 Å². The summed E-state index contributed by atoms with van der Waals surface area (Å²) in [6.07, 6.45) is 1.17. The van der Waals surface area contributed by atoms with E-state index in [-0.39, 0.29) is 18.2 Å². The second kappa shape index (κ2) is 7.46. The Morgan fingerprint density at radius 3 is 2.53 bits per heavy atom. The third-order valence-corrected chi connectivity index (χ3v) is 3.42. The van der Waals surface area contributed by atoms with Crippen LogP contribution in [-0.4, -0.2) is 23.9 Å². The fourth-order valence-corrected chi connectivity index (χ4v) is 1.77. The highest BCUT2D eigenvalue weighted by Gasteiger charge is 2.24. The summed E-state index contributed by atoms with van der Waals surface area (Å²) in [6.45, 7) is 7.26. The number of rotatable bonds is 8. The highest BCUT2D eigenvalue weighted by molar-refractivity contribution is 5.35. The molecule has 0 unspecified atom stereocenters. The van der Waals surface area contributed by atoms with Gasteiger partial charge in [-0.15, -0.1) is 0 Å². The number of benzene rings is 1. The first-order valence-corrected chi connectivity index (χ1v) is 6.89. The molecular weight excluding hydrogens is 245 g/mol. The van der Waals surface area contributed by atoms with Crippen LogP contribution in [0, 0.1) is 5.82 Å². The van der Waals surface area contributed by atoms with Crippen molar-refractivity contribution < 1.29 is 14.2 Å². The van der Waals surface area contributed by atoms with Crippen LogP contribution >= 0.6 is 0 Å². The second-order valence-corrected chi connectivity index (χ2v) is 4.73. The number of halogens is 1. The molecule has 2 N–H and O–H groups in total. The molecule has 0 atom stereocenters. The summed E-state index contributed by atoms with van der Waals surface area (Å²) in [5.41, 5.74) is -0.117. The van der Waals surface area contributed by atoms with Crippen molar-refractivity contribution in [1.82, 2.24) is 5.32 Å². The third-order valence-electron chi connectivity index (χ3n) is 3.42. The molecule has 0 radical (unpaired) electrons. The maximum atomic E-state index is 13.8. The van der Waals surface area contributed by atoms with Gasteiger partial charge in [0, 0.05) is 12.1 Å². The minimum absolute atomic E-state index is 0.111. The molecule has 0 saturated heterocycles. The van der Waals surface area contributed by atoms with Crippen molar-refractivity contribution in [2.45, 2.75) is 45.8 Å². The predicted molar refractivity (Wildman–Crippen MR) is 74.8 cm³/mol. The Morgan fingerprint density at radius 1 is 1.26 bits per heavy atom. The molecule has 1 rings (SSSR count). The van der Waals surface area contributed by atoms with E-state index in [9.17, 15) is 9.50 Å². The van der Waals surface area contributed by atoms with Gasteiger partial charge in [-0.3, -0.25) is 0 Å². The largest absolute Gasteiger partial charge is 0.487 e. The molecule has 0 aliphatic carbocycles. The van der Waals surface area contributed by atoms with Gasteiger partial charge in [0.2, 0.25) is 0 Å². The van der Waals surface area contributed by atoms with Crippen LogP contribution in [0.25, 0.3) is 0 Å². The van der Waals surface area contributed by atoms with Crippen LogP contribution in [-0.2, 0) is 6.54 Å². The lowest BCUT2D eigenvalue weighted by Crippen LogP contribution is -2.34. The zero-order chi connectivity index (χ0) is 14.3. The minimum Gasteiger partial charge on any atom is -0.487 e. The van der Waals surface area contributed by atoms with E-state index >= 15 is 0 Å². The minimum atomic E-state index is -0.891. The predicted octanol–water partition coefficient (Wildman–Crippen LogP) is 2.87. The van der Waals surface area contributed by atoms with Crippen LogP contribution in [0.2, 0.25) is 0 Å². The SMILES string of the molecule is CCNCc1cccc(F)c1OCC(O)(CC)CC. The van der Waals surface area contributed by atoms with Crippen molar-refractivity contribution in [2.75, 3.05) is 13.2 Å². The molecule has 1 aromatic rings. The summed E-state index contributed by atoms with van der Waals surface area (Å²) in [4.78, 5) is 0. The van der Waals surface area contributed by atoms with E-state index in [1.165, 1.54) is 6.07 Å². The van der Waals surface area contributed by atoms with Crippen LogP contribution in [0.4, 0.5) is 4.39 Å². The molecule has 0 bridgehead atoms. The smallest absolute Gasteiger partial charge is 0.165 e. The molecule has 0 amide bonds. The van der Waals surface area contributed by atoms with E-state index in [2.05, 4.69) is 5.32 Å². The lowest BCUT2D eigenvalue weighted by atomic mass is 9.99. The molecule has 108 valence electrons. The van der Waals surface area contributed by atoms with Crippen molar-refractivity contribution in [3.63, 3.8) is 0 Å². The number of aliphatic hydroxyl groups is 1. The summed E-state index contributed by atoms with van der Waals surface area (Å²) < 4.78 is 19.4. The normalized spacial score (nSPS) is 11.6. The molecule has 0 aliphatic heterocycles. The monoisotopic (exact) mass is 269 g/mol. The molecule has 4 heteroatoms. The molecule has 0 aliphatic rings. The third kappa shape index (κ3) is 4.48. The molecule has 0 saturated carbocycles. The average molecular weight is 269 g/mol. The Morgan fingerprint density at radius 2 is 1.95 bits per heavy atom. The lowest BCUT2D eigenvalue weighted by molar-refractivity contribution is -0.0126. The summed E-state index contributed by atoms with van der Waals surface area (Å²) in [5.74, 6) is -0.145. The maximum absolute atomic E-state index is 13.8. The standard InChI is InChI=1S/C15H24FNO2/c1-4-15(18,5-2)11-19-14-12(10-17-6-3)8-7-9-13(14)16/h7-9,17-18H,4-6,10-11H2,1-3H3. The average Bonchev–Trinajstić information content (AvgIpc) is 2.43. The maximum Gasteiger partial charge on any atom is 0.165 e. The summed E-state index contributed by atoms with van der Waals surface area (Å²) in [5, 5.41) is 13.3. The van der Waals surface area contributed by atoms with E-state index in [4.69, 9.17) is 4.74 Å². The number of hydrogen-bond donors (Lipinski definition) is 2. The van der Waals surface area contributed by atoms with Crippen molar-refractivity contribution in [3.05, 3.63) is 29.6 Å². The van der Waals surface area contributed by atoms with Gasteiger partial charge in [0.15, 0.2) is 11.6 Å². The number of para-hydroxylation sites is 1. The molecule has 0 fully saturated rings. The molecule has 0 heterocycles. The summed E-state index contributed by atoms with van der Waals surface area (Å²) >= 11 is 0. The fourth-order valence-electron chi connectivity index (χ4n) is 1.77. The highest BCUT2D eigenvalue weighted by Crippen LogP contribution is 2.25. The summed E-state index contributed by atoms with van der Waals surface area (Å²) in [7, 11) is 0. The fraction of sp³-hybridized carbons (Fsp3) is 0.600. The number of nitrogens with one attached hydrogen (secondary N) is 1. The number of hydrogen-bond acceptors (Lipinski definition) is 3. The van der Waals surface area contributed by atoms with Crippen LogP contribution < -0.4 is 10.1 Å². The summed E-state index contributed by atoms with van der Waals surface area (Å²) in [6, 6.07) is 4.88. The van der Waals surface area contributed by atoms with Gasteiger partial charge in [0.05, 0.1) is 5.60 Å². The van der Waals surface area contributed by atoms with E-state index in [1.54, 1.807) is 6.07 Å². The van der Waals surface area contributed by atoms with Gasteiger partial charge >= 0.3 is 0 Å². The second-order valence-electron chi connectivity index (χ2n) is 4.73.